The predicted octanol–water partition coefficient (Wildman–Crippen LogP) is 2.50. The average molecular weight is 176 g/mol. The molecule has 0 bridgehead atoms. The van der Waals surface area contributed by atoms with Gasteiger partial charge < -0.3 is 4.57 Å². The molecule has 0 saturated heterocycles. The summed E-state index contributed by atoms with van der Waals surface area (Å²) in [6.07, 6.45) is 6.58. The fourth-order valence-corrected chi connectivity index (χ4v) is 1.93. The molecule has 1 unspecified atom stereocenters. The Labute approximate surface area is 79.3 Å². The van der Waals surface area contributed by atoms with E-state index in [-0.39, 0.29) is 0 Å². The van der Waals surface area contributed by atoms with Crippen LogP contribution in [0.1, 0.15) is 32.3 Å². The minimum absolute atomic E-state index is 0.639. The van der Waals surface area contributed by atoms with Crippen molar-refractivity contribution in [2.45, 2.75) is 33.6 Å². The quantitative estimate of drug-likeness (QED) is 0.643. The van der Waals surface area contributed by atoms with Gasteiger partial charge in [0, 0.05) is 18.3 Å². The largest absolute Gasteiger partial charge is 0.308 e. The minimum Gasteiger partial charge on any atom is -0.308 e. The summed E-state index contributed by atoms with van der Waals surface area (Å²) in [4.78, 5) is 4.59. The molecule has 1 aromatic heterocycles. The SMILES string of the molecule is CCc1cn2c(n1)CC(C)C=C2C. The van der Waals surface area contributed by atoms with E-state index in [2.05, 4.69) is 42.6 Å². The van der Waals surface area contributed by atoms with Crippen LogP contribution < -0.4 is 0 Å². The van der Waals surface area contributed by atoms with Crippen LogP contribution >= 0.6 is 0 Å². The van der Waals surface area contributed by atoms with Gasteiger partial charge in [0.05, 0.1) is 5.69 Å². The average Bonchev–Trinajstić information content (AvgIpc) is 2.47. The molecule has 0 spiro atoms. The number of hydrogen-bond donors (Lipinski definition) is 0. The van der Waals surface area contributed by atoms with Gasteiger partial charge in [-0.2, -0.15) is 0 Å². The first-order valence-electron chi connectivity index (χ1n) is 4.96. The van der Waals surface area contributed by atoms with E-state index in [1.54, 1.807) is 0 Å². The number of aromatic nitrogens is 2. The molecule has 70 valence electrons. The molecule has 0 N–H and O–H groups in total. The van der Waals surface area contributed by atoms with E-state index in [1.165, 1.54) is 17.2 Å². The van der Waals surface area contributed by atoms with Gasteiger partial charge in [-0.3, -0.25) is 0 Å². The lowest BCUT2D eigenvalue weighted by molar-refractivity contribution is 0.651. The van der Waals surface area contributed by atoms with Gasteiger partial charge in [0.2, 0.25) is 0 Å². The van der Waals surface area contributed by atoms with Crippen LogP contribution in [-0.2, 0) is 12.8 Å². The van der Waals surface area contributed by atoms with Crippen LogP contribution in [0.25, 0.3) is 5.70 Å². The molecular weight excluding hydrogens is 160 g/mol. The predicted molar refractivity (Wildman–Crippen MR) is 54.4 cm³/mol. The Bertz CT molecular complexity index is 347. The Morgan fingerprint density at radius 1 is 1.62 bits per heavy atom. The maximum atomic E-state index is 4.59. The summed E-state index contributed by atoms with van der Waals surface area (Å²) in [5.74, 6) is 1.86. The summed E-state index contributed by atoms with van der Waals surface area (Å²) < 4.78 is 2.22. The Morgan fingerprint density at radius 3 is 3.08 bits per heavy atom. The van der Waals surface area contributed by atoms with Gasteiger partial charge in [-0.25, -0.2) is 4.98 Å². The third kappa shape index (κ3) is 1.41. The van der Waals surface area contributed by atoms with Crippen molar-refractivity contribution in [2.24, 2.45) is 5.92 Å². The molecule has 0 aliphatic carbocycles. The van der Waals surface area contributed by atoms with Gasteiger partial charge in [0.1, 0.15) is 5.82 Å². The fourth-order valence-electron chi connectivity index (χ4n) is 1.93. The zero-order chi connectivity index (χ0) is 9.42. The van der Waals surface area contributed by atoms with Crippen LogP contribution in [0, 0.1) is 5.92 Å². The van der Waals surface area contributed by atoms with Crippen LogP contribution in [0.3, 0.4) is 0 Å². The van der Waals surface area contributed by atoms with Crippen LogP contribution in [0.15, 0.2) is 12.3 Å². The summed E-state index contributed by atoms with van der Waals surface area (Å²) in [7, 11) is 0. The fraction of sp³-hybridized carbons (Fsp3) is 0.545. The van der Waals surface area contributed by atoms with Crippen LogP contribution in [0.5, 0.6) is 0 Å². The van der Waals surface area contributed by atoms with Crippen LogP contribution in [0.2, 0.25) is 0 Å². The molecule has 2 heterocycles. The number of nitrogens with zero attached hydrogens (tertiary/aromatic N) is 2. The van der Waals surface area contributed by atoms with Crippen molar-refractivity contribution in [1.29, 1.82) is 0 Å². The van der Waals surface area contributed by atoms with E-state index < -0.39 is 0 Å². The van der Waals surface area contributed by atoms with Gasteiger partial charge in [-0.05, 0) is 19.3 Å². The van der Waals surface area contributed by atoms with Crippen molar-refractivity contribution >= 4 is 5.70 Å². The lowest BCUT2D eigenvalue weighted by Crippen LogP contribution is -2.11. The monoisotopic (exact) mass is 176 g/mol. The third-order valence-electron chi connectivity index (χ3n) is 2.60. The molecule has 0 amide bonds. The molecule has 1 atom stereocenters. The highest BCUT2D eigenvalue weighted by molar-refractivity contribution is 5.46. The van der Waals surface area contributed by atoms with Gasteiger partial charge in [-0.1, -0.05) is 19.9 Å². The standard InChI is InChI=1S/C11H16N2/c1-4-10-7-13-9(3)5-8(2)6-11(13)12-10/h5,7-8H,4,6H2,1-3H3. The smallest absolute Gasteiger partial charge is 0.113 e. The Balaban J connectivity index is 2.44. The number of hydrogen-bond acceptors (Lipinski definition) is 1. The van der Waals surface area contributed by atoms with Crippen molar-refractivity contribution in [3.05, 3.63) is 23.8 Å². The molecule has 2 nitrogen and oxygen atoms in total. The first-order chi connectivity index (χ1) is 6.20. The van der Waals surface area contributed by atoms with Crippen LogP contribution in [0.4, 0.5) is 0 Å². The minimum atomic E-state index is 0.639. The number of rotatable bonds is 1. The maximum Gasteiger partial charge on any atom is 0.113 e. The van der Waals surface area contributed by atoms with Crippen LogP contribution in [-0.4, -0.2) is 9.55 Å². The first-order valence-corrected chi connectivity index (χ1v) is 4.96. The second-order valence-electron chi connectivity index (χ2n) is 3.86. The second kappa shape index (κ2) is 3.02. The first kappa shape index (κ1) is 8.54. The van der Waals surface area contributed by atoms with Crippen molar-refractivity contribution in [2.75, 3.05) is 0 Å². The van der Waals surface area contributed by atoms with E-state index in [4.69, 9.17) is 0 Å². The molecule has 0 aromatic carbocycles. The molecule has 0 radical (unpaired) electrons. The lowest BCUT2D eigenvalue weighted by Gasteiger charge is -2.17. The normalized spacial score (nSPS) is 21.2. The van der Waals surface area contributed by atoms with E-state index >= 15 is 0 Å². The van der Waals surface area contributed by atoms with E-state index in [9.17, 15) is 0 Å². The molecule has 13 heavy (non-hydrogen) atoms. The van der Waals surface area contributed by atoms with Crippen molar-refractivity contribution < 1.29 is 0 Å². The van der Waals surface area contributed by atoms with Crippen molar-refractivity contribution in [3.63, 3.8) is 0 Å². The molecule has 1 aromatic rings. The Kier molecular flexibility index (Phi) is 1.98. The molecule has 2 heteroatoms. The molecule has 0 fully saturated rings. The Morgan fingerprint density at radius 2 is 2.38 bits per heavy atom. The zero-order valence-electron chi connectivity index (χ0n) is 8.54. The van der Waals surface area contributed by atoms with Crippen molar-refractivity contribution in [3.8, 4) is 0 Å². The highest BCUT2D eigenvalue weighted by Gasteiger charge is 2.15. The van der Waals surface area contributed by atoms with Gasteiger partial charge in [-0.15, -0.1) is 0 Å². The van der Waals surface area contributed by atoms with Gasteiger partial charge in [0.25, 0.3) is 0 Å². The topological polar surface area (TPSA) is 17.8 Å². The number of imidazole rings is 1. The molecule has 1 aliphatic heterocycles. The zero-order valence-corrected chi connectivity index (χ0v) is 8.54. The summed E-state index contributed by atoms with van der Waals surface area (Å²) in [6.45, 7) is 6.55. The molecular formula is C11H16N2. The van der Waals surface area contributed by atoms with Gasteiger partial charge in [0.15, 0.2) is 0 Å². The molecule has 1 aliphatic rings. The van der Waals surface area contributed by atoms with E-state index in [1.807, 2.05) is 0 Å². The van der Waals surface area contributed by atoms with E-state index in [0.717, 1.165) is 12.8 Å². The summed E-state index contributed by atoms with van der Waals surface area (Å²) in [5, 5.41) is 0. The lowest BCUT2D eigenvalue weighted by atomic mass is 10.0. The summed E-state index contributed by atoms with van der Waals surface area (Å²) in [6, 6.07) is 0. The highest BCUT2D eigenvalue weighted by Crippen LogP contribution is 2.22. The summed E-state index contributed by atoms with van der Waals surface area (Å²) >= 11 is 0. The number of allylic oxidation sites excluding steroid dienone is 2. The third-order valence-corrected chi connectivity index (χ3v) is 2.60. The second-order valence-corrected chi connectivity index (χ2v) is 3.86. The summed E-state index contributed by atoms with van der Waals surface area (Å²) in [5.41, 5.74) is 2.53. The molecule has 0 saturated carbocycles. The van der Waals surface area contributed by atoms with E-state index in [0.29, 0.717) is 5.92 Å². The Hall–Kier alpha value is -1.05. The van der Waals surface area contributed by atoms with Crippen molar-refractivity contribution in [1.82, 2.24) is 9.55 Å². The number of fused-ring (bicyclic) bond motifs is 1. The molecule has 2 rings (SSSR count). The van der Waals surface area contributed by atoms with Gasteiger partial charge >= 0.3 is 0 Å². The maximum absolute atomic E-state index is 4.59. The highest BCUT2D eigenvalue weighted by atomic mass is 15.1. The number of aryl methyl sites for hydroxylation is 1.